The number of ether oxygens (including phenoxy) is 1. The summed E-state index contributed by atoms with van der Waals surface area (Å²) in [5, 5.41) is 0.677. The van der Waals surface area contributed by atoms with Gasteiger partial charge in [-0.05, 0) is 37.1 Å². The van der Waals surface area contributed by atoms with Crippen molar-refractivity contribution < 1.29 is 9.53 Å². The molecule has 1 aromatic heterocycles. The zero-order chi connectivity index (χ0) is 19.0. The number of nitrogens with one attached hydrogen (secondary N) is 1. The fourth-order valence-electron chi connectivity index (χ4n) is 3.58. The van der Waals surface area contributed by atoms with Crippen molar-refractivity contribution in [3.8, 4) is 5.75 Å². The number of rotatable bonds is 3. The summed E-state index contributed by atoms with van der Waals surface area (Å²) in [5.41, 5.74) is 2.51. The number of amides is 1. The van der Waals surface area contributed by atoms with Crippen LogP contribution in [0.3, 0.4) is 0 Å². The van der Waals surface area contributed by atoms with E-state index >= 15 is 0 Å². The van der Waals surface area contributed by atoms with Crippen molar-refractivity contribution in [2.45, 2.75) is 18.8 Å². The topological polar surface area (TPSA) is 58.2 Å². The molecule has 0 radical (unpaired) electrons. The normalized spacial score (nSPS) is 15.3. The molecular weight excluding hydrogens is 385 g/mol. The van der Waals surface area contributed by atoms with Crippen LogP contribution in [0.5, 0.6) is 5.75 Å². The molecule has 0 bridgehead atoms. The second-order valence-corrected chi connectivity index (χ2v) is 7.49. The predicted octanol–water partition coefficient (Wildman–Crippen LogP) is 4.90. The van der Waals surface area contributed by atoms with Gasteiger partial charge in [0, 0.05) is 24.6 Å². The lowest BCUT2D eigenvalue weighted by Gasteiger charge is -2.31. The lowest BCUT2D eigenvalue weighted by Crippen LogP contribution is -2.38. The number of hydrogen-bond acceptors (Lipinski definition) is 3. The van der Waals surface area contributed by atoms with Gasteiger partial charge in [0.15, 0.2) is 5.75 Å². The molecule has 0 aliphatic carbocycles. The highest BCUT2D eigenvalue weighted by atomic mass is 35.5. The van der Waals surface area contributed by atoms with E-state index in [1.54, 1.807) is 12.1 Å². The Kier molecular flexibility index (Phi) is 4.98. The number of aromatic amines is 1. The van der Waals surface area contributed by atoms with E-state index < -0.39 is 0 Å². The Morgan fingerprint density at radius 2 is 1.85 bits per heavy atom. The molecule has 1 aliphatic rings. The third-order valence-corrected chi connectivity index (χ3v) is 5.59. The number of fused-ring (bicyclic) bond motifs is 1. The van der Waals surface area contributed by atoms with Gasteiger partial charge in [-0.2, -0.15) is 0 Å². The van der Waals surface area contributed by atoms with Crippen molar-refractivity contribution in [1.82, 2.24) is 14.9 Å². The molecule has 3 aromatic rings. The largest absolute Gasteiger partial charge is 0.494 e. The number of carbonyl (C=O) groups excluding carboxylic acids is 1. The SMILES string of the molecule is COc1c(Cl)cc(C(=O)N2CCC(c3nc4ccccc4[nH]3)CC2)cc1Cl. The summed E-state index contributed by atoms with van der Waals surface area (Å²) >= 11 is 12.3. The van der Waals surface area contributed by atoms with E-state index in [1.165, 1.54) is 7.11 Å². The predicted molar refractivity (Wildman–Crippen MR) is 107 cm³/mol. The fourth-order valence-corrected chi connectivity index (χ4v) is 4.22. The third kappa shape index (κ3) is 3.49. The minimum atomic E-state index is -0.0653. The van der Waals surface area contributed by atoms with E-state index in [0.717, 1.165) is 29.7 Å². The number of imidazole rings is 1. The zero-order valence-electron chi connectivity index (χ0n) is 14.8. The van der Waals surface area contributed by atoms with Gasteiger partial charge in [-0.1, -0.05) is 35.3 Å². The van der Waals surface area contributed by atoms with Gasteiger partial charge in [0.25, 0.3) is 5.91 Å². The number of benzene rings is 2. The molecule has 0 saturated carbocycles. The van der Waals surface area contributed by atoms with Gasteiger partial charge >= 0.3 is 0 Å². The lowest BCUT2D eigenvalue weighted by atomic mass is 9.95. The number of H-pyrrole nitrogens is 1. The number of nitrogens with zero attached hydrogens (tertiary/aromatic N) is 2. The number of hydrogen-bond donors (Lipinski definition) is 1. The number of methoxy groups -OCH3 is 1. The summed E-state index contributed by atoms with van der Waals surface area (Å²) in [6, 6.07) is 11.2. The number of aromatic nitrogens is 2. The summed E-state index contributed by atoms with van der Waals surface area (Å²) in [5.74, 6) is 1.64. The zero-order valence-corrected chi connectivity index (χ0v) is 16.3. The maximum Gasteiger partial charge on any atom is 0.253 e. The van der Waals surface area contributed by atoms with Crippen molar-refractivity contribution in [3.05, 3.63) is 57.8 Å². The molecule has 0 spiro atoms. The highest BCUT2D eigenvalue weighted by Gasteiger charge is 2.27. The van der Waals surface area contributed by atoms with Crippen LogP contribution >= 0.6 is 23.2 Å². The maximum absolute atomic E-state index is 12.8. The fraction of sp³-hybridized carbons (Fsp3) is 0.300. The molecule has 140 valence electrons. The van der Waals surface area contributed by atoms with E-state index in [2.05, 4.69) is 4.98 Å². The molecule has 7 heteroatoms. The van der Waals surface area contributed by atoms with Crippen LogP contribution in [0, 0.1) is 0 Å². The van der Waals surface area contributed by atoms with Crippen LogP contribution in [-0.4, -0.2) is 41.0 Å². The molecule has 1 aliphatic heterocycles. The Hall–Kier alpha value is -2.24. The Labute approximate surface area is 167 Å². The molecule has 5 nitrogen and oxygen atoms in total. The molecule has 2 heterocycles. The summed E-state index contributed by atoms with van der Waals surface area (Å²) < 4.78 is 5.14. The Morgan fingerprint density at radius 1 is 1.19 bits per heavy atom. The van der Waals surface area contributed by atoms with Gasteiger partial charge in [0.1, 0.15) is 5.82 Å². The van der Waals surface area contributed by atoms with E-state index in [9.17, 15) is 4.79 Å². The highest BCUT2D eigenvalue weighted by Crippen LogP contribution is 2.35. The number of piperidine rings is 1. The van der Waals surface area contributed by atoms with Crippen LogP contribution in [-0.2, 0) is 0 Å². The smallest absolute Gasteiger partial charge is 0.253 e. The molecule has 1 N–H and O–H groups in total. The first-order chi connectivity index (χ1) is 13.1. The molecule has 27 heavy (non-hydrogen) atoms. The molecule has 4 rings (SSSR count). The van der Waals surface area contributed by atoms with E-state index in [0.29, 0.717) is 40.4 Å². The van der Waals surface area contributed by atoms with Gasteiger partial charge in [-0.15, -0.1) is 0 Å². The molecular formula is C20H19Cl2N3O2. The number of carbonyl (C=O) groups is 1. The van der Waals surface area contributed by atoms with Crippen molar-refractivity contribution in [2.75, 3.05) is 20.2 Å². The number of halogens is 2. The summed E-state index contributed by atoms with van der Waals surface area (Å²) in [7, 11) is 1.50. The second kappa shape index (κ2) is 7.41. The Balaban J connectivity index is 1.46. The van der Waals surface area contributed by atoms with Crippen LogP contribution in [0.2, 0.25) is 10.0 Å². The van der Waals surface area contributed by atoms with E-state index in [1.807, 2.05) is 29.2 Å². The van der Waals surface area contributed by atoms with Crippen LogP contribution in [0.25, 0.3) is 11.0 Å². The van der Waals surface area contributed by atoms with Crippen molar-refractivity contribution in [2.24, 2.45) is 0 Å². The van der Waals surface area contributed by atoms with Crippen molar-refractivity contribution in [1.29, 1.82) is 0 Å². The number of para-hydroxylation sites is 2. The summed E-state index contributed by atoms with van der Waals surface area (Å²) in [6.07, 6.45) is 1.73. The van der Waals surface area contributed by atoms with Crippen LogP contribution in [0.1, 0.15) is 34.9 Å². The summed E-state index contributed by atoms with van der Waals surface area (Å²) in [6.45, 7) is 1.34. The van der Waals surface area contributed by atoms with Crippen molar-refractivity contribution in [3.63, 3.8) is 0 Å². The third-order valence-electron chi connectivity index (χ3n) is 5.03. The summed E-state index contributed by atoms with van der Waals surface area (Å²) in [4.78, 5) is 22.8. The first kappa shape index (κ1) is 18.1. The quantitative estimate of drug-likeness (QED) is 0.676. The van der Waals surface area contributed by atoms with Gasteiger partial charge in [0.05, 0.1) is 28.2 Å². The second-order valence-electron chi connectivity index (χ2n) is 6.68. The van der Waals surface area contributed by atoms with Crippen LogP contribution in [0.4, 0.5) is 0 Å². The molecule has 0 unspecified atom stereocenters. The molecule has 0 atom stereocenters. The highest BCUT2D eigenvalue weighted by molar-refractivity contribution is 6.37. The molecule has 1 amide bonds. The minimum absolute atomic E-state index is 0.0653. The van der Waals surface area contributed by atoms with Gasteiger partial charge < -0.3 is 14.6 Å². The number of likely N-dealkylation sites (tertiary alicyclic amines) is 1. The average Bonchev–Trinajstić information content (AvgIpc) is 3.11. The van der Waals surface area contributed by atoms with Crippen molar-refractivity contribution >= 4 is 40.1 Å². The molecule has 1 saturated heterocycles. The minimum Gasteiger partial charge on any atom is -0.494 e. The van der Waals surface area contributed by atoms with E-state index in [4.69, 9.17) is 32.9 Å². The van der Waals surface area contributed by atoms with Gasteiger partial charge in [-0.25, -0.2) is 4.98 Å². The Bertz CT molecular complexity index is 938. The first-order valence-corrected chi connectivity index (χ1v) is 9.59. The molecule has 1 fully saturated rings. The van der Waals surface area contributed by atoms with Gasteiger partial charge in [-0.3, -0.25) is 4.79 Å². The monoisotopic (exact) mass is 403 g/mol. The standard InChI is InChI=1S/C20H19Cl2N3O2/c1-27-18-14(21)10-13(11-15(18)22)20(26)25-8-6-12(7-9-25)19-23-16-4-2-3-5-17(16)24-19/h2-5,10-12H,6-9H2,1H3,(H,23,24). The average molecular weight is 404 g/mol. The first-order valence-electron chi connectivity index (χ1n) is 8.83. The van der Waals surface area contributed by atoms with Crippen LogP contribution in [0.15, 0.2) is 36.4 Å². The van der Waals surface area contributed by atoms with Gasteiger partial charge in [0.2, 0.25) is 0 Å². The molecule has 2 aromatic carbocycles. The maximum atomic E-state index is 12.8. The Morgan fingerprint density at radius 3 is 2.48 bits per heavy atom. The van der Waals surface area contributed by atoms with Crippen LogP contribution < -0.4 is 4.74 Å². The van der Waals surface area contributed by atoms with E-state index in [-0.39, 0.29) is 5.91 Å². The lowest BCUT2D eigenvalue weighted by molar-refractivity contribution is 0.0711.